The highest BCUT2D eigenvalue weighted by atomic mass is 15.3. The van der Waals surface area contributed by atoms with Crippen LogP contribution in [0.25, 0.3) is 5.69 Å². The molecule has 1 unspecified atom stereocenters. The lowest BCUT2D eigenvalue weighted by Gasteiger charge is -2.08. The van der Waals surface area contributed by atoms with Gasteiger partial charge in [-0.2, -0.15) is 5.10 Å². The van der Waals surface area contributed by atoms with Crippen LogP contribution in [-0.2, 0) is 6.42 Å². The molecule has 1 aliphatic rings. The van der Waals surface area contributed by atoms with Crippen molar-refractivity contribution in [2.24, 2.45) is 5.73 Å². The maximum absolute atomic E-state index is 6.05. The molecule has 1 aliphatic carbocycles. The number of nitrogens with zero attached hydrogens (tertiary/aromatic N) is 2. The van der Waals surface area contributed by atoms with E-state index >= 15 is 0 Å². The van der Waals surface area contributed by atoms with Crippen LogP contribution in [0.2, 0.25) is 0 Å². The van der Waals surface area contributed by atoms with Gasteiger partial charge < -0.3 is 5.73 Å². The molecule has 0 radical (unpaired) electrons. The molecule has 3 rings (SSSR count). The minimum atomic E-state index is 0.222. The maximum Gasteiger partial charge on any atom is 0.0651 e. The molecule has 1 atom stereocenters. The summed E-state index contributed by atoms with van der Waals surface area (Å²) in [6.45, 7) is 4.10. The maximum atomic E-state index is 6.05. The van der Waals surface area contributed by atoms with Gasteiger partial charge in [-0.3, -0.25) is 0 Å². The Morgan fingerprint density at radius 2 is 2.12 bits per heavy atom. The molecule has 1 aromatic carbocycles. The molecule has 17 heavy (non-hydrogen) atoms. The molecule has 3 heteroatoms. The van der Waals surface area contributed by atoms with Gasteiger partial charge in [0.05, 0.1) is 11.4 Å². The first-order valence-electron chi connectivity index (χ1n) is 6.07. The van der Waals surface area contributed by atoms with Crippen molar-refractivity contribution in [2.75, 3.05) is 0 Å². The summed E-state index contributed by atoms with van der Waals surface area (Å²) in [6.07, 6.45) is 2.15. The van der Waals surface area contributed by atoms with E-state index in [1.807, 2.05) is 11.6 Å². The molecule has 0 spiro atoms. The van der Waals surface area contributed by atoms with Crippen molar-refractivity contribution in [1.29, 1.82) is 0 Å². The number of aromatic nitrogens is 2. The van der Waals surface area contributed by atoms with Gasteiger partial charge in [-0.25, -0.2) is 4.68 Å². The second-order valence-electron chi connectivity index (χ2n) is 4.87. The van der Waals surface area contributed by atoms with E-state index in [1.54, 1.807) is 0 Å². The molecule has 0 aliphatic heterocycles. The van der Waals surface area contributed by atoms with Gasteiger partial charge in [0.15, 0.2) is 0 Å². The zero-order valence-electron chi connectivity index (χ0n) is 10.3. The normalized spacial score (nSPS) is 18.4. The predicted molar refractivity (Wildman–Crippen MR) is 68.3 cm³/mol. The van der Waals surface area contributed by atoms with E-state index in [2.05, 4.69) is 36.3 Å². The van der Waals surface area contributed by atoms with Crippen molar-refractivity contribution in [1.82, 2.24) is 9.78 Å². The van der Waals surface area contributed by atoms with Crippen LogP contribution in [0.3, 0.4) is 0 Å². The molecule has 1 aromatic heterocycles. The fraction of sp³-hybridized carbons (Fsp3) is 0.357. The van der Waals surface area contributed by atoms with Crippen LogP contribution in [0.1, 0.15) is 35.0 Å². The zero-order chi connectivity index (χ0) is 12.0. The van der Waals surface area contributed by atoms with Crippen molar-refractivity contribution < 1.29 is 0 Å². The summed E-state index contributed by atoms with van der Waals surface area (Å²) in [5, 5.41) is 4.51. The van der Waals surface area contributed by atoms with Crippen molar-refractivity contribution in [2.45, 2.75) is 32.7 Å². The van der Waals surface area contributed by atoms with Gasteiger partial charge in [-0.15, -0.1) is 0 Å². The first kappa shape index (κ1) is 10.5. The van der Waals surface area contributed by atoms with E-state index in [1.165, 1.54) is 16.8 Å². The van der Waals surface area contributed by atoms with Crippen molar-refractivity contribution in [3.05, 3.63) is 46.8 Å². The average Bonchev–Trinajstić information content (AvgIpc) is 2.82. The fourth-order valence-corrected chi connectivity index (χ4v) is 2.66. The van der Waals surface area contributed by atoms with Gasteiger partial charge in [-0.1, -0.05) is 6.07 Å². The number of hydrogen-bond acceptors (Lipinski definition) is 2. The molecule has 1 heterocycles. The second kappa shape index (κ2) is 3.70. The molecule has 2 N–H and O–H groups in total. The van der Waals surface area contributed by atoms with E-state index in [4.69, 9.17) is 5.73 Å². The third-order valence-corrected chi connectivity index (χ3v) is 3.50. The van der Waals surface area contributed by atoms with Crippen molar-refractivity contribution in [3.8, 4) is 5.69 Å². The van der Waals surface area contributed by atoms with Gasteiger partial charge in [-0.05, 0) is 56.0 Å². The van der Waals surface area contributed by atoms with E-state index in [9.17, 15) is 0 Å². The Labute approximate surface area is 101 Å². The largest absolute Gasteiger partial charge is 0.324 e. The topological polar surface area (TPSA) is 43.8 Å². The number of rotatable bonds is 1. The molecular formula is C14H17N3. The van der Waals surface area contributed by atoms with Gasteiger partial charge in [0, 0.05) is 11.7 Å². The van der Waals surface area contributed by atoms with Crippen molar-refractivity contribution >= 4 is 0 Å². The van der Waals surface area contributed by atoms with Crippen LogP contribution >= 0.6 is 0 Å². The SMILES string of the molecule is Cc1cc(C)n(-c2ccc3c(c2)CCC3N)n1. The quantitative estimate of drug-likeness (QED) is 0.813. The first-order valence-corrected chi connectivity index (χ1v) is 6.07. The van der Waals surface area contributed by atoms with Gasteiger partial charge in [0.1, 0.15) is 0 Å². The summed E-state index contributed by atoms with van der Waals surface area (Å²) in [5.74, 6) is 0. The van der Waals surface area contributed by atoms with E-state index in [0.29, 0.717) is 0 Å². The number of nitrogens with two attached hydrogens (primary N) is 1. The molecule has 88 valence electrons. The number of fused-ring (bicyclic) bond motifs is 1. The molecule has 0 amide bonds. The van der Waals surface area contributed by atoms with Crippen LogP contribution in [0.4, 0.5) is 0 Å². The minimum absolute atomic E-state index is 0.222. The monoisotopic (exact) mass is 227 g/mol. The fourth-order valence-electron chi connectivity index (χ4n) is 2.66. The third-order valence-electron chi connectivity index (χ3n) is 3.50. The molecule has 0 fully saturated rings. The van der Waals surface area contributed by atoms with E-state index in [0.717, 1.165) is 24.2 Å². The molecule has 3 nitrogen and oxygen atoms in total. The van der Waals surface area contributed by atoms with Crippen LogP contribution in [0.5, 0.6) is 0 Å². The van der Waals surface area contributed by atoms with E-state index in [-0.39, 0.29) is 6.04 Å². The molecule has 2 aromatic rings. The summed E-state index contributed by atoms with van der Waals surface area (Å²) in [7, 11) is 0. The summed E-state index contributed by atoms with van der Waals surface area (Å²) in [6, 6.07) is 8.81. The average molecular weight is 227 g/mol. The van der Waals surface area contributed by atoms with Gasteiger partial charge in [0.2, 0.25) is 0 Å². The smallest absolute Gasteiger partial charge is 0.0651 e. The number of benzene rings is 1. The number of hydrogen-bond donors (Lipinski definition) is 1. The predicted octanol–water partition coefficient (Wildman–Crippen LogP) is 2.44. The third kappa shape index (κ3) is 1.67. The highest BCUT2D eigenvalue weighted by molar-refractivity contribution is 5.44. The Bertz CT molecular complexity index is 569. The second-order valence-corrected chi connectivity index (χ2v) is 4.87. The summed E-state index contributed by atoms with van der Waals surface area (Å²) >= 11 is 0. The van der Waals surface area contributed by atoms with Gasteiger partial charge >= 0.3 is 0 Å². The summed E-state index contributed by atoms with van der Waals surface area (Å²) < 4.78 is 2.00. The first-order chi connectivity index (χ1) is 8.15. The Morgan fingerprint density at radius 3 is 2.82 bits per heavy atom. The highest BCUT2D eigenvalue weighted by Gasteiger charge is 2.19. The Morgan fingerprint density at radius 1 is 1.29 bits per heavy atom. The number of aryl methyl sites for hydroxylation is 3. The Balaban J connectivity index is 2.08. The van der Waals surface area contributed by atoms with E-state index < -0.39 is 0 Å². The lowest BCUT2D eigenvalue weighted by Crippen LogP contribution is -2.05. The zero-order valence-corrected chi connectivity index (χ0v) is 10.3. The molecule has 0 saturated carbocycles. The van der Waals surface area contributed by atoms with Gasteiger partial charge in [0.25, 0.3) is 0 Å². The Hall–Kier alpha value is -1.61. The van der Waals surface area contributed by atoms with Crippen LogP contribution in [0.15, 0.2) is 24.3 Å². The summed E-state index contributed by atoms with van der Waals surface area (Å²) in [5.41, 5.74) is 12.1. The minimum Gasteiger partial charge on any atom is -0.324 e. The lowest BCUT2D eigenvalue weighted by atomic mass is 10.1. The lowest BCUT2D eigenvalue weighted by molar-refractivity contribution is 0.713. The van der Waals surface area contributed by atoms with Crippen molar-refractivity contribution in [3.63, 3.8) is 0 Å². The standard InChI is InChI=1S/C14H17N3/c1-9-7-10(2)17(16-9)12-4-5-13-11(8-12)3-6-14(13)15/h4-5,7-8,14H,3,6,15H2,1-2H3. The van der Waals surface area contributed by atoms with Crippen LogP contribution in [-0.4, -0.2) is 9.78 Å². The Kier molecular flexibility index (Phi) is 2.30. The highest BCUT2D eigenvalue weighted by Crippen LogP contribution is 2.30. The molecule has 0 saturated heterocycles. The molecular weight excluding hydrogens is 210 g/mol. The van der Waals surface area contributed by atoms with Crippen LogP contribution in [0, 0.1) is 13.8 Å². The molecule has 0 bridgehead atoms. The van der Waals surface area contributed by atoms with Crippen LogP contribution < -0.4 is 5.73 Å². The summed E-state index contributed by atoms with van der Waals surface area (Å²) in [4.78, 5) is 0.